The molecule has 0 amide bonds. The lowest BCUT2D eigenvalue weighted by molar-refractivity contribution is -0.0567. The van der Waals surface area contributed by atoms with Gasteiger partial charge in [0.15, 0.2) is 0 Å². The monoisotopic (exact) mass is 397 g/mol. The normalized spacial score (nSPS) is 32.8. The number of rotatable bonds is 3. The van der Waals surface area contributed by atoms with E-state index in [9.17, 15) is 5.11 Å². The summed E-state index contributed by atoms with van der Waals surface area (Å²) >= 11 is 0. The zero-order valence-electron chi connectivity index (χ0n) is 18.7. The van der Waals surface area contributed by atoms with Crippen molar-refractivity contribution in [2.24, 2.45) is 0 Å². The lowest BCUT2D eigenvalue weighted by atomic mass is 9.76. The highest BCUT2D eigenvalue weighted by Crippen LogP contribution is 2.46. The quantitative estimate of drug-likeness (QED) is 0.767. The van der Waals surface area contributed by atoms with E-state index < -0.39 is 0 Å². The van der Waals surface area contributed by atoms with Crippen molar-refractivity contribution in [3.63, 3.8) is 0 Å². The minimum absolute atomic E-state index is 0.100. The van der Waals surface area contributed by atoms with Gasteiger partial charge in [0, 0.05) is 6.04 Å². The lowest BCUT2D eigenvalue weighted by Crippen LogP contribution is -2.43. The summed E-state index contributed by atoms with van der Waals surface area (Å²) in [7, 11) is 0. The molecule has 0 aromatic heterocycles. The Kier molecular flexibility index (Phi) is 5.29. The minimum Gasteiger partial charge on any atom is -0.393 e. The highest BCUT2D eigenvalue weighted by Gasteiger charge is 2.47. The van der Waals surface area contributed by atoms with Crippen LogP contribution < -0.4 is 0 Å². The van der Waals surface area contributed by atoms with Crippen LogP contribution in [0.3, 0.4) is 0 Å². The maximum atomic E-state index is 10.2. The molecule has 2 aliphatic heterocycles. The van der Waals surface area contributed by atoms with Crippen LogP contribution in [0.1, 0.15) is 97.4 Å². The van der Waals surface area contributed by atoms with Gasteiger partial charge < -0.3 is 9.84 Å². The van der Waals surface area contributed by atoms with Gasteiger partial charge in [0.25, 0.3) is 0 Å². The van der Waals surface area contributed by atoms with Crippen molar-refractivity contribution >= 4 is 0 Å². The van der Waals surface area contributed by atoms with Crippen LogP contribution in [0.25, 0.3) is 0 Å². The van der Waals surface area contributed by atoms with Crippen molar-refractivity contribution in [2.45, 2.75) is 108 Å². The molecule has 0 bridgehead atoms. The number of aryl methyl sites for hydroxylation is 1. The van der Waals surface area contributed by atoms with Crippen molar-refractivity contribution in [3.8, 4) is 0 Å². The van der Waals surface area contributed by atoms with Gasteiger partial charge in [-0.1, -0.05) is 6.07 Å². The van der Waals surface area contributed by atoms with Gasteiger partial charge in [0.1, 0.15) is 0 Å². The molecular weight excluding hydrogens is 358 g/mol. The van der Waals surface area contributed by atoms with Crippen LogP contribution in [0.4, 0.5) is 0 Å². The second-order valence-electron chi connectivity index (χ2n) is 10.6. The van der Waals surface area contributed by atoms with E-state index in [1.165, 1.54) is 68.3 Å². The fraction of sp³-hybridized carbons (Fsp3) is 0.769. The summed E-state index contributed by atoms with van der Waals surface area (Å²) in [5.41, 5.74) is 7.87. The summed E-state index contributed by atoms with van der Waals surface area (Å²) in [4.78, 5) is 2.73. The first-order valence-electron chi connectivity index (χ1n) is 12.1. The SMILES string of the molecule is Cc1cc(C2CCN([C@@H]3COC4(CCC4)C3)CC2)c(C2CCC(O)C2)c(C)c1C. The second-order valence-corrected chi connectivity index (χ2v) is 10.6. The first-order valence-corrected chi connectivity index (χ1v) is 12.1. The topological polar surface area (TPSA) is 32.7 Å². The predicted molar refractivity (Wildman–Crippen MR) is 118 cm³/mol. The average Bonchev–Trinajstić information content (AvgIpc) is 3.33. The first-order chi connectivity index (χ1) is 14.0. The Bertz CT molecular complexity index is 760. The highest BCUT2D eigenvalue weighted by molar-refractivity contribution is 5.48. The molecule has 5 rings (SSSR count). The van der Waals surface area contributed by atoms with Gasteiger partial charge >= 0.3 is 0 Å². The van der Waals surface area contributed by atoms with E-state index in [2.05, 4.69) is 31.7 Å². The Morgan fingerprint density at radius 1 is 1.00 bits per heavy atom. The zero-order chi connectivity index (χ0) is 20.2. The summed E-state index contributed by atoms with van der Waals surface area (Å²) in [5.74, 6) is 1.23. The van der Waals surface area contributed by atoms with Crippen LogP contribution in [0, 0.1) is 20.8 Å². The molecule has 4 aliphatic rings. The average molecular weight is 398 g/mol. The molecule has 2 saturated heterocycles. The molecule has 3 atom stereocenters. The van der Waals surface area contributed by atoms with Gasteiger partial charge in [-0.15, -0.1) is 0 Å². The number of aliphatic hydroxyl groups excluding tert-OH is 1. The van der Waals surface area contributed by atoms with E-state index in [0.29, 0.717) is 17.9 Å². The molecule has 0 radical (unpaired) electrons. The molecule has 1 N–H and O–H groups in total. The molecule has 2 aliphatic carbocycles. The number of hydrogen-bond donors (Lipinski definition) is 1. The molecule has 4 fully saturated rings. The number of piperidine rings is 1. The van der Waals surface area contributed by atoms with Crippen molar-refractivity contribution in [1.82, 2.24) is 4.90 Å². The minimum atomic E-state index is -0.100. The summed E-state index contributed by atoms with van der Waals surface area (Å²) < 4.78 is 6.23. The van der Waals surface area contributed by atoms with Crippen LogP contribution in [-0.4, -0.2) is 47.4 Å². The predicted octanol–water partition coefficient (Wildman–Crippen LogP) is 5.13. The maximum Gasteiger partial charge on any atom is 0.0699 e. The van der Waals surface area contributed by atoms with Crippen molar-refractivity contribution in [1.29, 1.82) is 0 Å². The number of nitrogens with zero attached hydrogens (tertiary/aromatic N) is 1. The smallest absolute Gasteiger partial charge is 0.0699 e. The van der Waals surface area contributed by atoms with Gasteiger partial charge in [0.2, 0.25) is 0 Å². The molecule has 2 heterocycles. The summed E-state index contributed by atoms with van der Waals surface area (Å²) in [6.45, 7) is 10.3. The van der Waals surface area contributed by atoms with Gasteiger partial charge in [0.05, 0.1) is 18.3 Å². The van der Waals surface area contributed by atoms with E-state index in [1.54, 1.807) is 11.1 Å². The van der Waals surface area contributed by atoms with Crippen LogP contribution in [0.5, 0.6) is 0 Å². The van der Waals surface area contributed by atoms with E-state index >= 15 is 0 Å². The zero-order valence-corrected chi connectivity index (χ0v) is 18.7. The number of ether oxygens (including phenoxy) is 1. The highest BCUT2D eigenvalue weighted by atomic mass is 16.5. The van der Waals surface area contributed by atoms with Gasteiger partial charge in [-0.3, -0.25) is 4.90 Å². The van der Waals surface area contributed by atoms with Crippen molar-refractivity contribution in [2.75, 3.05) is 19.7 Å². The van der Waals surface area contributed by atoms with E-state index in [1.807, 2.05) is 0 Å². The fourth-order valence-electron chi connectivity index (χ4n) is 6.78. The summed E-state index contributed by atoms with van der Waals surface area (Å²) in [5, 5.41) is 10.2. The number of hydrogen-bond acceptors (Lipinski definition) is 3. The molecule has 29 heavy (non-hydrogen) atoms. The number of benzene rings is 1. The van der Waals surface area contributed by atoms with E-state index in [4.69, 9.17) is 4.74 Å². The Labute approximate surface area is 176 Å². The molecule has 2 unspecified atom stereocenters. The summed E-state index contributed by atoms with van der Waals surface area (Å²) in [6, 6.07) is 3.16. The Morgan fingerprint density at radius 3 is 2.34 bits per heavy atom. The molecule has 160 valence electrons. The van der Waals surface area contributed by atoms with Gasteiger partial charge in [-0.05, 0) is 131 Å². The fourth-order valence-corrected chi connectivity index (χ4v) is 6.78. The van der Waals surface area contributed by atoms with Crippen LogP contribution in [-0.2, 0) is 4.74 Å². The molecule has 3 nitrogen and oxygen atoms in total. The molecule has 2 saturated carbocycles. The molecule has 3 heteroatoms. The standard InChI is InChI=1S/C26H39NO2/c1-17-13-24(25(19(3)18(17)2)21-5-6-23(28)14-21)20-7-11-27(12-8-20)22-15-26(29-16-22)9-4-10-26/h13,20-23,28H,4-12,14-16H2,1-3H3/t21?,22-,23?/m0/s1. The van der Waals surface area contributed by atoms with Gasteiger partial charge in [-0.2, -0.15) is 0 Å². The largest absolute Gasteiger partial charge is 0.393 e. The third kappa shape index (κ3) is 3.58. The Morgan fingerprint density at radius 2 is 1.76 bits per heavy atom. The third-order valence-corrected chi connectivity index (χ3v) is 8.99. The number of likely N-dealkylation sites (tertiary alicyclic amines) is 1. The molecule has 1 aromatic rings. The maximum absolute atomic E-state index is 10.2. The van der Waals surface area contributed by atoms with Crippen LogP contribution in [0.2, 0.25) is 0 Å². The van der Waals surface area contributed by atoms with Gasteiger partial charge in [-0.25, -0.2) is 0 Å². The van der Waals surface area contributed by atoms with Crippen LogP contribution in [0.15, 0.2) is 6.07 Å². The van der Waals surface area contributed by atoms with Crippen molar-refractivity contribution in [3.05, 3.63) is 33.9 Å². The Balaban J connectivity index is 1.32. The van der Waals surface area contributed by atoms with Crippen molar-refractivity contribution < 1.29 is 9.84 Å². The van der Waals surface area contributed by atoms with E-state index in [0.717, 1.165) is 25.9 Å². The summed E-state index contributed by atoms with van der Waals surface area (Å²) in [6.07, 6.45) is 10.7. The molecule has 1 aromatic carbocycles. The lowest BCUT2D eigenvalue weighted by Gasteiger charge is -2.39. The van der Waals surface area contributed by atoms with Crippen LogP contribution >= 0.6 is 0 Å². The van der Waals surface area contributed by atoms with E-state index in [-0.39, 0.29) is 11.7 Å². The Hall–Kier alpha value is -0.900. The molecule has 1 spiro atoms. The third-order valence-electron chi connectivity index (χ3n) is 8.99. The molecular formula is C26H39NO2. The first kappa shape index (κ1) is 20.0. The number of aliphatic hydroxyl groups is 1. The second kappa shape index (κ2) is 7.66.